The first-order valence-corrected chi connectivity index (χ1v) is 5.36. The van der Waals surface area contributed by atoms with Gasteiger partial charge in [-0.05, 0) is 28.7 Å². The van der Waals surface area contributed by atoms with Crippen molar-refractivity contribution in [2.45, 2.75) is 0 Å². The van der Waals surface area contributed by atoms with Gasteiger partial charge in [0.25, 0.3) is 0 Å². The van der Waals surface area contributed by atoms with E-state index in [0.717, 1.165) is 0 Å². The molecule has 0 aliphatic heterocycles. The Labute approximate surface area is 106 Å². The molecule has 0 aliphatic carbocycles. The molecule has 6 heteroatoms. The van der Waals surface area contributed by atoms with E-state index in [0.29, 0.717) is 20.8 Å². The van der Waals surface area contributed by atoms with Gasteiger partial charge in [-0.1, -0.05) is 0 Å². The molecule has 0 saturated carbocycles. The zero-order valence-electron chi connectivity index (χ0n) is 9.04. The van der Waals surface area contributed by atoms with Crippen LogP contribution in [0.1, 0.15) is 10.4 Å². The molecule has 1 aromatic carbocycles. The molecule has 16 heavy (non-hydrogen) atoms. The first-order valence-electron chi connectivity index (χ1n) is 4.28. The third-order valence-electron chi connectivity index (χ3n) is 2.00. The van der Waals surface area contributed by atoms with Crippen molar-refractivity contribution in [1.29, 1.82) is 0 Å². The van der Waals surface area contributed by atoms with E-state index < -0.39 is 5.97 Å². The zero-order chi connectivity index (χ0) is 12.3. The number of hydrogen-bond acceptors (Lipinski definition) is 4. The van der Waals surface area contributed by atoms with Crippen molar-refractivity contribution >= 4 is 28.6 Å². The summed E-state index contributed by atoms with van der Waals surface area (Å²) in [4.78, 5) is 11.0. The lowest BCUT2D eigenvalue weighted by atomic mass is 10.2. The summed E-state index contributed by atoms with van der Waals surface area (Å²) in [5.74, 6) is 0.0417. The Morgan fingerprint density at radius 3 is 2.12 bits per heavy atom. The summed E-state index contributed by atoms with van der Waals surface area (Å²) < 4.78 is 15.8. The van der Waals surface area contributed by atoms with Gasteiger partial charge in [-0.25, -0.2) is 4.79 Å². The highest BCUT2D eigenvalue weighted by atomic mass is 127. The van der Waals surface area contributed by atoms with Crippen molar-refractivity contribution in [3.63, 3.8) is 0 Å². The Bertz CT molecular complexity index is 416. The predicted molar refractivity (Wildman–Crippen MR) is 65.8 cm³/mol. The Kier molecular flexibility index (Phi) is 4.22. The number of methoxy groups -OCH3 is 3. The van der Waals surface area contributed by atoms with Crippen LogP contribution in [0.4, 0.5) is 0 Å². The molecule has 1 N–H and O–H groups in total. The molecule has 0 radical (unpaired) electrons. The molecule has 0 amide bonds. The first-order chi connectivity index (χ1) is 7.56. The van der Waals surface area contributed by atoms with Gasteiger partial charge in [0.15, 0.2) is 11.5 Å². The fraction of sp³-hybridized carbons (Fsp3) is 0.300. The number of aromatic carboxylic acids is 1. The van der Waals surface area contributed by atoms with Gasteiger partial charge < -0.3 is 19.3 Å². The van der Waals surface area contributed by atoms with Crippen LogP contribution >= 0.6 is 22.6 Å². The highest BCUT2D eigenvalue weighted by Gasteiger charge is 2.22. The molecule has 88 valence electrons. The van der Waals surface area contributed by atoms with Crippen molar-refractivity contribution < 1.29 is 24.1 Å². The Morgan fingerprint density at radius 2 is 1.75 bits per heavy atom. The van der Waals surface area contributed by atoms with Crippen LogP contribution in [0.15, 0.2) is 6.07 Å². The summed E-state index contributed by atoms with van der Waals surface area (Å²) in [5.41, 5.74) is 0.120. The van der Waals surface area contributed by atoms with Gasteiger partial charge in [0, 0.05) is 0 Å². The first kappa shape index (κ1) is 12.9. The lowest BCUT2D eigenvalue weighted by Gasteiger charge is -2.14. The van der Waals surface area contributed by atoms with Crippen molar-refractivity contribution in [3.8, 4) is 17.2 Å². The lowest BCUT2D eigenvalue weighted by Crippen LogP contribution is -2.05. The molecular weight excluding hydrogens is 327 g/mol. The van der Waals surface area contributed by atoms with Crippen molar-refractivity contribution in [2.75, 3.05) is 21.3 Å². The normalized spacial score (nSPS) is 9.75. The highest BCUT2D eigenvalue weighted by Crippen LogP contribution is 2.42. The molecule has 0 aliphatic rings. The van der Waals surface area contributed by atoms with Crippen LogP contribution in [0.5, 0.6) is 17.2 Å². The number of ether oxygens (including phenoxy) is 3. The minimum absolute atomic E-state index is 0.120. The fourth-order valence-corrected chi connectivity index (χ4v) is 2.13. The van der Waals surface area contributed by atoms with Gasteiger partial charge in [-0.3, -0.25) is 0 Å². The van der Waals surface area contributed by atoms with Gasteiger partial charge in [0.2, 0.25) is 5.75 Å². The lowest BCUT2D eigenvalue weighted by molar-refractivity contribution is 0.0694. The second-order valence-corrected chi connectivity index (χ2v) is 3.89. The minimum atomic E-state index is -1.04. The molecule has 1 rings (SSSR count). The SMILES string of the molecule is COc1cc(C(=O)O)c(I)c(OC)c1OC. The van der Waals surface area contributed by atoms with Gasteiger partial charge in [0.05, 0.1) is 30.5 Å². The molecule has 1 aromatic rings. The summed E-state index contributed by atoms with van der Waals surface area (Å²) in [5, 5.41) is 9.01. The van der Waals surface area contributed by atoms with E-state index in [-0.39, 0.29) is 5.56 Å². The van der Waals surface area contributed by atoms with Crippen LogP contribution in [0.25, 0.3) is 0 Å². The van der Waals surface area contributed by atoms with E-state index in [1.165, 1.54) is 27.4 Å². The summed E-state index contributed by atoms with van der Waals surface area (Å²) in [6.45, 7) is 0. The van der Waals surface area contributed by atoms with Crippen LogP contribution in [-0.4, -0.2) is 32.4 Å². The maximum atomic E-state index is 11.0. The molecule has 0 fully saturated rings. The average molecular weight is 338 g/mol. The molecular formula is C10H11IO5. The van der Waals surface area contributed by atoms with E-state index in [1.54, 1.807) is 0 Å². The second kappa shape index (κ2) is 5.24. The van der Waals surface area contributed by atoms with Crippen LogP contribution < -0.4 is 14.2 Å². The van der Waals surface area contributed by atoms with E-state index in [4.69, 9.17) is 19.3 Å². The molecule has 0 heterocycles. The Morgan fingerprint density at radius 1 is 1.19 bits per heavy atom. The van der Waals surface area contributed by atoms with E-state index >= 15 is 0 Å². The number of hydrogen-bond donors (Lipinski definition) is 1. The number of carbonyl (C=O) groups is 1. The summed E-state index contributed by atoms with van der Waals surface area (Å²) >= 11 is 1.90. The van der Waals surface area contributed by atoms with E-state index in [9.17, 15) is 4.79 Å². The van der Waals surface area contributed by atoms with Gasteiger partial charge in [-0.2, -0.15) is 0 Å². The van der Waals surface area contributed by atoms with Crippen LogP contribution in [0.2, 0.25) is 0 Å². The molecule has 0 unspecified atom stereocenters. The van der Waals surface area contributed by atoms with Crippen LogP contribution in [-0.2, 0) is 0 Å². The monoisotopic (exact) mass is 338 g/mol. The molecule has 0 atom stereocenters. The van der Waals surface area contributed by atoms with Gasteiger partial charge in [-0.15, -0.1) is 0 Å². The van der Waals surface area contributed by atoms with E-state index in [2.05, 4.69) is 0 Å². The molecule has 0 spiro atoms. The van der Waals surface area contributed by atoms with Gasteiger partial charge >= 0.3 is 5.97 Å². The third-order valence-corrected chi connectivity index (χ3v) is 3.07. The maximum absolute atomic E-state index is 11.0. The smallest absolute Gasteiger partial charge is 0.337 e. The minimum Gasteiger partial charge on any atom is -0.493 e. The number of carboxylic acids is 1. The third kappa shape index (κ3) is 2.16. The number of rotatable bonds is 4. The highest BCUT2D eigenvalue weighted by molar-refractivity contribution is 14.1. The summed E-state index contributed by atoms with van der Waals surface area (Å²) in [6.07, 6.45) is 0. The van der Waals surface area contributed by atoms with Gasteiger partial charge in [0.1, 0.15) is 0 Å². The van der Waals surface area contributed by atoms with Crippen LogP contribution in [0.3, 0.4) is 0 Å². The van der Waals surface area contributed by atoms with E-state index in [1.807, 2.05) is 22.6 Å². The van der Waals surface area contributed by atoms with Crippen molar-refractivity contribution in [2.24, 2.45) is 0 Å². The number of halogens is 1. The quantitative estimate of drug-likeness (QED) is 0.851. The Balaban J connectivity index is 3.54. The Hall–Kier alpha value is -1.18. The predicted octanol–water partition coefficient (Wildman–Crippen LogP) is 2.02. The zero-order valence-corrected chi connectivity index (χ0v) is 11.2. The van der Waals surface area contributed by atoms with Crippen molar-refractivity contribution in [1.82, 2.24) is 0 Å². The largest absolute Gasteiger partial charge is 0.493 e. The fourth-order valence-electron chi connectivity index (χ4n) is 1.28. The molecule has 0 saturated heterocycles. The maximum Gasteiger partial charge on any atom is 0.337 e. The molecule has 5 nitrogen and oxygen atoms in total. The van der Waals surface area contributed by atoms with Crippen molar-refractivity contribution in [3.05, 3.63) is 15.2 Å². The summed E-state index contributed by atoms with van der Waals surface area (Å²) in [7, 11) is 4.36. The number of carboxylic acid groups (broad SMARTS) is 1. The number of benzene rings is 1. The second-order valence-electron chi connectivity index (χ2n) is 2.81. The standard InChI is InChI=1S/C10H11IO5/c1-14-6-4-5(10(12)13)7(11)9(16-3)8(6)15-2/h4H,1-3H3,(H,12,13). The summed E-state index contributed by atoms with van der Waals surface area (Å²) in [6, 6.07) is 1.41. The van der Waals surface area contributed by atoms with Crippen LogP contribution in [0, 0.1) is 3.57 Å². The topological polar surface area (TPSA) is 65.0 Å². The molecule has 0 bridgehead atoms. The average Bonchev–Trinajstić information content (AvgIpc) is 2.27. The molecule has 0 aromatic heterocycles.